The van der Waals surface area contributed by atoms with Gasteiger partial charge in [-0.3, -0.25) is 0 Å². The van der Waals surface area contributed by atoms with Crippen LogP contribution in [0.3, 0.4) is 0 Å². The first kappa shape index (κ1) is 14.2. The van der Waals surface area contributed by atoms with Gasteiger partial charge in [-0.05, 0) is 42.7 Å². The third-order valence-electron chi connectivity index (χ3n) is 3.60. The van der Waals surface area contributed by atoms with E-state index in [0.29, 0.717) is 16.9 Å². The van der Waals surface area contributed by atoms with Crippen LogP contribution in [-0.4, -0.2) is 13.2 Å². The lowest BCUT2D eigenvalue weighted by Crippen LogP contribution is -2.13. The maximum Gasteiger partial charge on any atom is 0.125 e. The SMILES string of the molecule is COc1cc(Cl)ccc1C(N)c1ccc(OC2CC2)cc1. The van der Waals surface area contributed by atoms with Crippen molar-refractivity contribution >= 4 is 11.6 Å². The van der Waals surface area contributed by atoms with Crippen LogP contribution in [0.2, 0.25) is 5.02 Å². The van der Waals surface area contributed by atoms with Crippen molar-refractivity contribution in [3.05, 3.63) is 58.6 Å². The van der Waals surface area contributed by atoms with Crippen LogP contribution in [-0.2, 0) is 0 Å². The number of rotatable bonds is 5. The fourth-order valence-electron chi connectivity index (χ4n) is 2.25. The molecule has 21 heavy (non-hydrogen) atoms. The van der Waals surface area contributed by atoms with E-state index in [2.05, 4.69) is 0 Å². The summed E-state index contributed by atoms with van der Waals surface area (Å²) in [5.74, 6) is 1.60. The van der Waals surface area contributed by atoms with Crippen molar-refractivity contribution in [3.63, 3.8) is 0 Å². The lowest BCUT2D eigenvalue weighted by Gasteiger charge is -2.17. The Morgan fingerprint density at radius 2 is 1.86 bits per heavy atom. The van der Waals surface area contributed by atoms with Gasteiger partial charge in [-0.15, -0.1) is 0 Å². The fraction of sp³-hybridized carbons (Fsp3) is 0.294. The van der Waals surface area contributed by atoms with E-state index in [9.17, 15) is 0 Å². The van der Waals surface area contributed by atoms with Gasteiger partial charge in [-0.1, -0.05) is 29.8 Å². The van der Waals surface area contributed by atoms with Crippen LogP contribution >= 0.6 is 11.6 Å². The summed E-state index contributed by atoms with van der Waals surface area (Å²) in [5.41, 5.74) is 8.27. The van der Waals surface area contributed by atoms with Crippen LogP contribution in [0.15, 0.2) is 42.5 Å². The molecule has 0 aromatic heterocycles. The molecule has 1 unspecified atom stereocenters. The van der Waals surface area contributed by atoms with Crippen LogP contribution in [0.5, 0.6) is 11.5 Å². The highest BCUT2D eigenvalue weighted by Crippen LogP contribution is 2.32. The topological polar surface area (TPSA) is 44.5 Å². The first-order valence-corrected chi connectivity index (χ1v) is 7.41. The van der Waals surface area contributed by atoms with Gasteiger partial charge in [0.25, 0.3) is 0 Å². The number of nitrogens with two attached hydrogens (primary N) is 1. The van der Waals surface area contributed by atoms with Crippen molar-refractivity contribution in [3.8, 4) is 11.5 Å². The molecule has 0 radical (unpaired) electrons. The highest BCUT2D eigenvalue weighted by Gasteiger charge is 2.23. The molecule has 1 fully saturated rings. The molecule has 2 N–H and O–H groups in total. The van der Waals surface area contributed by atoms with Crippen molar-refractivity contribution < 1.29 is 9.47 Å². The molecular formula is C17H18ClNO2. The summed E-state index contributed by atoms with van der Waals surface area (Å²) in [6.45, 7) is 0. The third kappa shape index (κ3) is 3.31. The van der Waals surface area contributed by atoms with Crippen LogP contribution in [0.1, 0.15) is 30.0 Å². The molecule has 3 rings (SSSR count). The summed E-state index contributed by atoms with van der Waals surface area (Å²) in [6.07, 6.45) is 2.72. The van der Waals surface area contributed by atoms with E-state index >= 15 is 0 Å². The number of halogens is 1. The zero-order chi connectivity index (χ0) is 14.8. The molecule has 1 atom stereocenters. The van der Waals surface area contributed by atoms with Gasteiger partial charge in [0.2, 0.25) is 0 Å². The molecule has 1 aliphatic rings. The molecule has 1 aliphatic carbocycles. The molecule has 3 nitrogen and oxygen atoms in total. The molecule has 110 valence electrons. The van der Waals surface area contributed by atoms with Gasteiger partial charge >= 0.3 is 0 Å². The van der Waals surface area contributed by atoms with Crippen molar-refractivity contribution in [1.29, 1.82) is 0 Å². The smallest absolute Gasteiger partial charge is 0.125 e. The highest BCUT2D eigenvalue weighted by atomic mass is 35.5. The Balaban J connectivity index is 1.81. The zero-order valence-electron chi connectivity index (χ0n) is 11.9. The molecule has 0 aliphatic heterocycles. The Hall–Kier alpha value is -1.71. The molecule has 2 aromatic carbocycles. The average Bonchev–Trinajstić information content (AvgIpc) is 3.31. The molecule has 0 heterocycles. The average molecular weight is 304 g/mol. The number of hydrogen-bond donors (Lipinski definition) is 1. The third-order valence-corrected chi connectivity index (χ3v) is 3.83. The van der Waals surface area contributed by atoms with Gasteiger partial charge in [0.05, 0.1) is 19.3 Å². The number of benzene rings is 2. The van der Waals surface area contributed by atoms with E-state index in [-0.39, 0.29) is 6.04 Å². The summed E-state index contributed by atoms with van der Waals surface area (Å²) in [6, 6.07) is 13.2. The molecule has 0 bridgehead atoms. The van der Waals surface area contributed by atoms with Crippen LogP contribution in [0.4, 0.5) is 0 Å². The van der Waals surface area contributed by atoms with Crippen molar-refractivity contribution in [2.75, 3.05) is 7.11 Å². The van der Waals surface area contributed by atoms with E-state index in [4.69, 9.17) is 26.8 Å². The summed E-state index contributed by atoms with van der Waals surface area (Å²) in [5, 5.41) is 0.635. The van der Waals surface area contributed by atoms with E-state index in [1.807, 2.05) is 36.4 Å². The molecule has 1 saturated carbocycles. The quantitative estimate of drug-likeness (QED) is 0.910. The second-order valence-electron chi connectivity index (χ2n) is 5.25. The number of ether oxygens (including phenoxy) is 2. The Kier molecular flexibility index (Phi) is 4.04. The standard InChI is InChI=1S/C17H18ClNO2/c1-20-16-10-12(18)4-9-15(16)17(19)11-2-5-13(6-3-11)21-14-7-8-14/h2-6,9-10,14,17H,7-8,19H2,1H3. The second kappa shape index (κ2) is 5.96. The van der Waals surface area contributed by atoms with E-state index in [0.717, 1.165) is 29.7 Å². The van der Waals surface area contributed by atoms with Crippen LogP contribution < -0.4 is 15.2 Å². The second-order valence-corrected chi connectivity index (χ2v) is 5.69. The van der Waals surface area contributed by atoms with Crippen LogP contribution in [0, 0.1) is 0 Å². The van der Waals surface area contributed by atoms with Gasteiger partial charge in [-0.2, -0.15) is 0 Å². The first-order chi connectivity index (χ1) is 10.2. The summed E-state index contributed by atoms with van der Waals surface area (Å²) < 4.78 is 11.1. The highest BCUT2D eigenvalue weighted by molar-refractivity contribution is 6.30. The summed E-state index contributed by atoms with van der Waals surface area (Å²) in [4.78, 5) is 0. The predicted octanol–water partition coefficient (Wildman–Crippen LogP) is 3.94. The maximum atomic E-state index is 6.34. The van der Waals surface area contributed by atoms with E-state index < -0.39 is 0 Å². The monoisotopic (exact) mass is 303 g/mol. The van der Waals surface area contributed by atoms with Gasteiger partial charge in [0.1, 0.15) is 11.5 Å². The first-order valence-electron chi connectivity index (χ1n) is 7.03. The van der Waals surface area contributed by atoms with Crippen LogP contribution in [0.25, 0.3) is 0 Å². The van der Waals surface area contributed by atoms with Gasteiger partial charge in [-0.25, -0.2) is 0 Å². The number of methoxy groups -OCH3 is 1. The minimum atomic E-state index is -0.257. The Morgan fingerprint density at radius 3 is 2.48 bits per heavy atom. The van der Waals surface area contributed by atoms with Gasteiger partial charge in [0.15, 0.2) is 0 Å². The van der Waals surface area contributed by atoms with E-state index in [1.165, 1.54) is 0 Å². The van der Waals surface area contributed by atoms with Crippen molar-refractivity contribution in [2.45, 2.75) is 25.0 Å². The minimum absolute atomic E-state index is 0.257. The number of hydrogen-bond acceptors (Lipinski definition) is 3. The molecule has 0 spiro atoms. The van der Waals surface area contributed by atoms with Gasteiger partial charge < -0.3 is 15.2 Å². The molecule has 2 aromatic rings. The Morgan fingerprint density at radius 1 is 1.14 bits per heavy atom. The summed E-state index contributed by atoms with van der Waals surface area (Å²) in [7, 11) is 1.62. The molecular weight excluding hydrogens is 286 g/mol. The Labute approximate surface area is 129 Å². The lowest BCUT2D eigenvalue weighted by atomic mass is 9.98. The zero-order valence-corrected chi connectivity index (χ0v) is 12.6. The fourth-order valence-corrected chi connectivity index (χ4v) is 2.42. The molecule has 0 saturated heterocycles. The largest absolute Gasteiger partial charge is 0.496 e. The predicted molar refractivity (Wildman–Crippen MR) is 84.1 cm³/mol. The van der Waals surface area contributed by atoms with Crippen molar-refractivity contribution in [1.82, 2.24) is 0 Å². The summed E-state index contributed by atoms with van der Waals surface area (Å²) >= 11 is 5.98. The van der Waals surface area contributed by atoms with Gasteiger partial charge in [0, 0.05) is 10.6 Å². The Bertz CT molecular complexity index is 623. The maximum absolute atomic E-state index is 6.34. The minimum Gasteiger partial charge on any atom is -0.496 e. The normalized spacial score (nSPS) is 15.6. The van der Waals surface area contributed by atoms with E-state index in [1.54, 1.807) is 13.2 Å². The van der Waals surface area contributed by atoms with Crippen molar-refractivity contribution in [2.24, 2.45) is 5.73 Å². The molecule has 0 amide bonds. The molecule has 4 heteroatoms. The lowest BCUT2D eigenvalue weighted by molar-refractivity contribution is 0.303.